The van der Waals surface area contributed by atoms with Gasteiger partial charge in [0.05, 0.1) is 32.0 Å². The van der Waals surface area contributed by atoms with E-state index in [0.717, 1.165) is 103 Å². The first-order chi connectivity index (χ1) is 47.6. The van der Waals surface area contributed by atoms with E-state index in [-0.39, 0.29) is 18.9 Å². The number of amides is 1. The normalized spacial score (nSPS) is 22.9. The summed E-state index contributed by atoms with van der Waals surface area (Å²) in [4.78, 5) is 13.4. The predicted octanol–water partition coefficient (Wildman–Crippen LogP) is 17.4. The Hall–Kier alpha value is -3.87. The minimum absolute atomic E-state index is 0.256. The van der Waals surface area contributed by atoms with Gasteiger partial charge in [-0.15, -0.1) is 0 Å². The molecule has 2 rings (SSSR count). The van der Waals surface area contributed by atoms with Gasteiger partial charge in [0.1, 0.15) is 48.8 Å². The van der Waals surface area contributed by atoms with E-state index in [0.29, 0.717) is 12.8 Å². The Kier molecular flexibility index (Phi) is 60.2. The molecule has 2 aliphatic rings. The third-order valence-corrected chi connectivity index (χ3v) is 18.0. The Labute approximate surface area is 590 Å². The summed E-state index contributed by atoms with van der Waals surface area (Å²) >= 11 is 0. The van der Waals surface area contributed by atoms with Gasteiger partial charge in [0.15, 0.2) is 12.6 Å². The molecule has 0 aliphatic carbocycles. The summed E-state index contributed by atoms with van der Waals surface area (Å²) in [5.41, 5.74) is 0. The molecule has 0 radical (unpaired) electrons. The molecule has 14 heteroatoms. The summed E-state index contributed by atoms with van der Waals surface area (Å²) in [5.74, 6) is -0.256. The van der Waals surface area contributed by atoms with Gasteiger partial charge in [-0.2, -0.15) is 0 Å². The molecule has 12 atom stereocenters. The second-order valence-electron chi connectivity index (χ2n) is 26.7. The zero-order valence-corrected chi connectivity index (χ0v) is 60.8. The number of hydrogen-bond acceptors (Lipinski definition) is 13. The highest BCUT2D eigenvalue weighted by Crippen LogP contribution is 2.30. The average molecular weight is 1360 g/mol. The van der Waals surface area contributed by atoms with Crippen molar-refractivity contribution in [3.05, 3.63) is 134 Å². The quantitative estimate of drug-likeness (QED) is 0.0204. The number of hydrogen-bond donors (Lipinski definition) is 9. The van der Waals surface area contributed by atoms with E-state index in [1.807, 2.05) is 6.08 Å². The number of carbonyl (C=O) groups is 1. The lowest BCUT2D eigenvalue weighted by Crippen LogP contribution is -2.65. The van der Waals surface area contributed by atoms with Crippen LogP contribution in [0.1, 0.15) is 290 Å². The van der Waals surface area contributed by atoms with Crippen LogP contribution in [0.3, 0.4) is 0 Å². The van der Waals surface area contributed by atoms with Gasteiger partial charge >= 0.3 is 0 Å². The molecule has 556 valence electrons. The standard InChI is InChI=1S/C83H141NO13/c1-3-5-7-9-11-13-15-17-19-21-23-25-27-29-30-31-32-33-34-35-36-37-38-39-40-41-42-43-45-47-49-51-53-55-57-59-61-63-65-67-75(88)84-71(70-94-82-80(93)78(91)81(74(69-86)96-82)97-83-79(92)77(90)76(89)73(68-85)95-83)72(87)66-64-62-60-58-56-54-52-50-48-46-44-28-26-24-22-20-18-16-14-12-10-8-6-4-2/h5,7,11,13,17,19,23,25,29-30,32-33,35-36,38-39,48,50,56,58,64,66,71-74,76-83,85-87,89-93H,3-4,6,8-10,12,14-16,18,20-22,24,26-28,31,34,37,40-47,49,51-55,57,59-63,65,67-70H2,1-2H3,(H,84,88)/b7-5-,13-11-,19-17-,25-23-,30-29-,33-32-,36-35-,39-38-,50-48+,58-56+,66-64+. The van der Waals surface area contributed by atoms with Crippen LogP contribution in [0.2, 0.25) is 0 Å². The van der Waals surface area contributed by atoms with Crippen molar-refractivity contribution >= 4 is 5.91 Å². The SMILES string of the molecule is CC/C=C\C/C=C\C/C=C\C/C=C\C/C=C\C/C=C\C/C=C\C/C=C\CCCCCCCCCCCCCCCCC(=O)NC(COC1OC(CO)C(OC2OC(CO)C(O)C(O)C2O)C(O)C1O)C(O)/C=C/CC/C=C/CC/C=C/CCCCCCCCCCCCCCCC. The van der Waals surface area contributed by atoms with Gasteiger partial charge in [-0.05, 0) is 109 Å². The molecule has 1 amide bonds. The smallest absolute Gasteiger partial charge is 0.220 e. The van der Waals surface area contributed by atoms with E-state index in [2.05, 4.69) is 141 Å². The van der Waals surface area contributed by atoms with Crippen LogP contribution >= 0.6 is 0 Å². The van der Waals surface area contributed by atoms with E-state index < -0.39 is 86.8 Å². The Morgan fingerprint density at radius 1 is 0.381 bits per heavy atom. The highest BCUT2D eigenvalue weighted by Gasteiger charge is 2.51. The molecule has 2 saturated heterocycles. The Bertz CT molecular complexity index is 2140. The number of allylic oxidation sites excluding steroid dienone is 21. The highest BCUT2D eigenvalue weighted by atomic mass is 16.7. The monoisotopic (exact) mass is 1360 g/mol. The Morgan fingerprint density at radius 2 is 0.722 bits per heavy atom. The van der Waals surface area contributed by atoms with Crippen molar-refractivity contribution < 1.29 is 64.6 Å². The van der Waals surface area contributed by atoms with Crippen LogP contribution < -0.4 is 5.32 Å². The van der Waals surface area contributed by atoms with Crippen molar-refractivity contribution in [3.8, 4) is 0 Å². The van der Waals surface area contributed by atoms with Crippen LogP contribution in [0.15, 0.2) is 134 Å². The van der Waals surface area contributed by atoms with Crippen LogP contribution in [-0.2, 0) is 23.7 Å². The molecule has 0 aromatic carbocycles. The largest absolute Gasteiger partial charge is 0.394 e. The molecule has 0 bridgehead atoms. The van der Waals surface area contributed by atoms with Gasteiger partial charge in [-0.3, -0.25) is 4.79 Å². The topological polar surface area (TPSA) is 228 Å². The first kappa shape index (κ1) is 89.2. The van der Waals surface area contributed by atoms with Gasteiger partial charge in [0, 0.05) is 6.42 Å². The summed E-state index contributed by atoms with van der Waals surface area (Å²) < 4.78 is 22.9. The molecule has 0 aromatic rings. The Morgan fingerprint density at radius 3 is 1.13 bits per heavy atom. The maximum absolute atomic E-state index is 13.4. The summed E-state index contributed by atoms with van der Waals surface area (Å²) in [6, 6.07) is -0.948. The van der Waals surface area contributed by atoms with E-state index in [4.69, 9.17) is 18.9 Å². The van der Waals surface area contributed by atoms with Crippen molar-refractivity contribution in [2.45, 2.75) is 364 Å². The first-order valence-electron chi connectivity index (χ1n) is 38.9. The molecule has 0 aromatic heterocycles. The lowest BCUT2D eigenvalue weighted by molar-refractivity contribution is -0.359. The molecule has 14 nitrogen and oxygen atoms in total. The molecular formula is C83H141NO13. The lowest BCUT2D eigenvalue weighted by atomic mass is 9.97. The predicted molar refractivity (Wildman–Crippen MR) is 401 cm³/mol. The molecule has 0 saturated carbocycles. The zero-order valence-electron chi connectivity index (χ0n) is 60.8. The molecule has 2 heterocycles. The van der Waals surface area contributed by atoms with Crippen molar-refractivity contribution in [2.75, 3.05) is 19.8 Å². The molecule has 9 N–H and O–H groups in total. The second kappa shape index (κ2) is 65.4. The van der Waals surface area contributed by atoms with Gasteiger partial charge in [-0.1, -0.05) is 308 Å². The summed E-state index contributed by atoms with van der Waals surface area (Å²) in [5, 5.41) is 87.6. The number of rotatable bonds is 63. The maximum atomic E-state index is 13.4. The summed E-state index contributed by atoms with van der Waals surface area (Å²) in [7, 11) is 0. The zero-order chi connectivity index (χ0) is 70.1. The van der Waals surface area contributed by atoms with Crippen LogP contribution in [0.4, 0.5) is 0 Å². The molecular weight excluding hydrogens is 1220 g/mol. The molecule has 97 heavy (non-hydrogen) atoms. The molecule has 2 aliphatic heterocycles. The van der Waals surface area contributed by atoms with Crippen LogP contribution in [-0.4, -0.2) is 140 Å². The van der Waals surface area contributed by atoms with Crippen LogP contribution in [0.25, 0.3) is 0 Å². The van der Waals surface area contributed by atoms with Gasteiger partial charge in [-0.25, -0.2) is 0 Å². The van der Waals surface area contributed by atoms with E-state index >= 15 is 0 Å². The highest BCUT2D eigenvalue weighted by molar-refractivity contribution is 5.76. The fourth-order valence-corrected chi connectivity index (χ4v) is 11.9. The number of nitrogens with one attached hydrogen (secondary N) is 1. The van der Waals surface area contributed by atoms with Crippen molar-refractivity contribution in [2.24, 2.45) is 0 Å². The van der Waals surface area contributed by atoms with Gasteiger partial charge < -0.3 is 65.1 Å². The third kappa shape index (κ3) is 48.6. The fourth-order valence-electron chi connectivity index (χ4n) is 11.9. The van der Waals surface area contributed by atoms with E-state index in [1.54, 1.807) is 6.08 Å². The first-order valence-corrected chi connectivity index (χ1v) is 38.9. The summed E-state index contributed by atoms with van der Waals surface area (Å²) in [6.45, 7) is 2.68. The van der Waals surface area contributed by atoms with Crippen molar-refractivity contribution in [3.63, 3.8) is 0 Å². The number of carbonyl (C=O) groups excluding carboxylic acids is 1. The van der Waals surface area contributed by atoms with Crippen LogP contribution in [0, 0.1) is 0 Å². The average Bonchev–Trinajstić information content (AvgIpc) is 0.794. The van der Waals surface area contributed by atoms with Gasteiger partial charge in [0.25, 0.3) is 0 Å². The minimum atomic E-state index is -1.80. The van der Waals surface area contributed by atoms with Gasteiger partial charge in [0.2, 0.25) is 5.91 Å². The molecule has 12 unspecified atom stereocenters. The number of aliphatic hydroxyl groups is 8. The van der Waals surface area contributed by atoms with E-state index in [9.17, 15) is 45.6 Å². The van der Waals surface area contributed by atoms with Crippen molar-refractivity contribution in [1.29, 1.82) is 0 Å². The minimum Gasteiger partial charge on any atom is -0.394 e. The van der Waals surface area contributed by atoms with Crippen molar-refractivity contribution in [1.82, 2.24) is 5.32 Å². The summed E-state index contributed by atoms with van der Waals surface area (Å²) in [6.07, 6.45) is 80.9. The molecule has 2 fully saturated rings. The van der Waals surface area contributed by atoms with Crippen LogP contribution in [0.5, 0.6) is 0 Å². The maximum Gasteiger partial charge on any atom is 0.220 e. The molecule has 0 spiro atoms. The number of ether oxygens (including phenoxy) is 4. The lowest BCUT2D eigenvalue weighted by Gasteiger charge is -2.46. The third-order valence-electron chi connectivity index (χ3n) is 18.0. The number of unbranched alkanes of at least 4 members (excludes halogenated alkanes) is 30. The number of aliphatic hydroxyl groups excluding tert-OH is 8. The fraction of sp³-hybridized carbons (Fsp3) is 0.723. The second-order valence-corrected chi connectivity index (χ2v) is 26.7. The Balaban J connectivity index is 1.64. The van der Waals surface area contributed by atoms with E-state index in [1.165, 1.54) is 154 Å².